The van der Waals surface area contributed by atoms with Crippen LogP contribution in [0.5, 0.6) is 5.75 Å². The van der Waals surface area contributed by atoms with E-state index in [9.17, 15) is 9.18 Å². The topological polar surface area (TPSA) is 50.8 Å². The summed E-state index contributed by atoms with van der Waals surface area (Å²) >= 11 is 0. The number of anilines is 1. The van der Waals surface area contributed by atoms with Gasteiger partial charge in [-0.05, 0) is 43.7 Å². The van der Waals surface area contributed by atoms with Crippen LogP contribution in [0.25, 0.3) is 0 Å². The molecule has 3 rings (SSSR count). The number of nitrogens with zero attached hydrogens (tertiary/aromatic N) is 1. The van der Waals surface area contributed by atoms with E-state index in [1.807, 2.05) is 4.90 Å². The van der Waals surface area contributed by atoms with Crippen LogP contribution in [0.1, 0.15) is 32.1 Å². The molecule has 2 fully saturated rings. The fourth-order valence-electron chi connectivity index (χ4n) is 3.20. The Morgan fingerprint density at radius 1 is 1.33 bits per heavy atom. The molecular weight excluding hydrogens is 311 g/mol. The summed E-state index contributed by atoms with van der Waals surface area (Å²) in [5.74, 6) is 0.263. The van der Waals surface area contributed by atoms with Crippen LogP contribution in [-0.4, -0.2) is 43.8 Å². The van der Waals surface area contributed by atoms with Gasteiger partial charge in [0.15, 0.2) is 11.6 Å². The van der Waals surface area contributed by atoms with E-state index < -0.39 is 5.82 Å². The van der Waals surface area contributed by atoms with Crippen molar-refractivity contribution < 1.29 is 18.7 Å². The van der Waals surface area contributed by atoms with Gasteiger partial charge in [0.25, 0.3) is 0 Å². The molecule has 5 nitrogen and oxygen atoms in total. The number of hydrogen-bond acceptors (Lipinski definition) is 3. The number of amides is 2. The first kappa shape index (κ1) is 17.0. The van der Waals surface area contributed by atoms with Crippen LogP contribution in [0.15, 0.2) is 18.2 Å². The lowest BCUT2D eigenvalue weighted by Crippen LogP contribution is -2.44. The fourth-order valence-corrected chi connectivity index (χ4v) is 3.20. The van der Waals surface area contributed by atoms with Crippen molar-refractivity contribution in [2.45, 2.75) is 38.2 Å². The van der Waals surface area contributed by atoms with E-state index in [2.05, 4.69) is 5.32 Å². The number of benzene rings is 1. The minimum absolute atomic E-state index is 0.123. The number of hydrogen-bond donors (Lipinski definition) is 1. The molecule has 132 valence electrons. The summed E-state index contributed by atoms with van der Waals surface area (Å²) in [5.41, 5.74) is 0.532. The van der Waals surface area contributed by atoms with Gasteiger partial charge < -0.3 is 19.7 Å². The Morgan fingerprint density at radius 2 is 2.17 bits per heavy atom. The van der Waals surface area contributed by atoms with Crippen LogP contribution < -0.4 is 10.1 Å². The van der Waals surface area contributed by atoms with Crippen LogP contribution in [0.3, 0.4) is 0 Å². The largest absolute Gasteiger partial charge is 0.494 e. The Kier molecular flexibility index (Phi) is 5.56. The number of carbonyl (C=O) groups is 1. The van der Waals surface area contributed by atoms with Crippen LogP contribution in [-0.2, 0) is 4.74 Å². The molecule has 0 radical (unpaired) electrons. The molecule has 2 aliphatic rings. The number of rotatable bonds is 6. The standard InChI is InChI=1S/C18H25FN2O3/c1-23-17-10-14(7-8-16(17)19)20-18(22)21(11-13-4-2-5-13)12-15-6-3-9-24-15/h7-8,10,13,15H,2-6,9,11-12H2,1H3,(H,20,22). The van der Waals surface area contributed by atoms with Gasteiger partial charge in [-0.25, -0.2) is 9.18 Å². The van der Waals surface area contributed by atoms with Gasteiger partial charge in [-0.15, -0.1) is 0 Å². The average Bonchev–Trinajstić information content (AvgIpc) is 3.04. The van der Waals surface area contributed by atoms with Crippen molar-refractivity contribution in [1.29, 1.82) is 0 Å². The summed E-state index contributed by atoms with van der Waals surface area (Å²) in [7, 11) is 1.41. The first-order chi connectivity index (χ1) is 11.7. The fraction of sp³-hybridized carbons (Fsp3) is 0.611. The van der Waals surface area contributed by atoms with Gasteiger partial charge in [-0.3, -0.25) is 0 Å². The molecule has 1 saturated carbocycles. The van der Waals surface area contributed by atoms with Crippen LogP contribution in [0.2, 0.25) is 0 Å². The van der Waals surface area contributed by atoms with E-state index in [-0.39, 0.29) is 17.9 Å². The molecule has 1 aromatic rings. The predicted octanol–water partition coefficient (Wildman–Crippen LogP) is 3.65. The molecule has 1 aliphatic heterocycles. The molecule has 24 heavy (non-hydrogen) atoms. The lowest BCUT2D eigenvalue weighted by atomic mass is 9.85. The Labute approximate surface area is 142 Å². The Balaban J connectivity index is 1.64. The minimum Gasteiger partial charge on any atom is -0.494 e. The number of ether oxygens (including phenoxy) is 2. The maximum Gasteiger partial charge on any atom is 0.321 e. The highest BCUT2D eigenvalue weighted by molar-refractivity contribution is 5.89. The SMILES string of the molecule is COc1cc(NC(=O)N(CC2CCC2)CC2CCCO2)ccc1F. The second kappa shape index (κ2) is 7.83. The average molecular weight is 336 g/mol. The molecule has 0 bridgehead atoms. The summed E-state index contributed by atoms with van der Waals surface area (Å²) in [6, 6.07) is 4.18. The monoisotopic (exact) mass is 336 g/mol. The van der Waals surface area contributed by atoms with Gasteiger partial charge in [0, 0.05) is 31.5 Å². The van der Waals surface area contributed by atoms with Crippen molar-refractivity contribution in [2.75, 3.05) is 32.1 Å². The highest BCUT2D eigenvalue weighted by Crippen LogP contribution is 2.28. The number of urea groups is 1. The van der Waals surface area contributed by atoms with Crippen molar-refractivity contribution in [3.8, 4) is 5.75 Å². The van der Waals surface area contributed by atoms with E-state index in [0.717, 1.165) is 26.0 Å². The van der Waals surface area contributed by atoms with Crippen molar-refractivity contribution in [3.05, 3.63) is 24.0 Å². The molecule has 2 amide bonds. The summed E-state index contributed by atoms with van der Waals surface area (Å²) in [5, 5.41) is 2.86. The van der Waals surface area contributed by atoms with E-state index in [0.29, 0.717) is 18.2 Å². The number of nitrogens with one attached hydrogen (secondary N) is 1. The molecule has 1 unspecified atom stereocenters. The zero-order chi connectivity index (χ0) is 16.9. The second-order valence-corrected chi connectivity index (χ2v) is 6.62. The molecule has 1 N–H and O–H groups in total. The third-order valence-corrected chi connectivity index (χ3v) is 4.84. The first-order valence-corrected chi connectivity index (χ1v) is 8.67. The van der Waals surface area contributed by atoms with Crippen LogP contribution in [0, 0.1) is 11.7 Å². The lowest BCUT2D eigenvalue weighted by molar-refractivity contribution is 0.0748. The van der Waals surface area contributed by atoms with E-state index >= 15 is 0 Å². The Morgan fingerprint density at radius 3 is 2.79 bits per heavy atom. The molecule has 1 aliphatic carbocycles. The van der Waals surface area contributed by atoms with E-state index in [4.69, 9.17) is 9.47 Å². The quantitative estimate of drug-likeness (QED) is 0.863. The maximum atomic E-state index is 13.5. The number of methoxy groups -OCH3 is 1. The second-order valence-electron chi connectivity index (χ2n) is 6.62. The van der Waals surface area contributed by atoms with Crippen molar-refractivity contribution in [2.24, 2.45) is 5.92 Å². The maximum absolute atomic E-state index is 13.5. The molecule has 1 saturated heterocycles. The highest BCUT2D eigenvalue weighted by Gasteiger charge is 2.27. The number of carbonyl (C=O) groups excluding carboxylic acids is 1. The summed E-state index contributed by atoms with van der Waals surface area (Å²) < 4.78 is 24.1. The normalized spacial score (nSPS) is 20.5. The van der Waals surface area contributed by atoms with Crippen LogP contribution in [0.4, 0.5) is 14.9 Å². The number of halogens is 1. The Bertz CT molecular complexity index is 571. The molecule has 0 aromatic heterocycles. The van der Waals surface area contributed by atoms with E-state index in [1.165, 1.54) is 38.5 Å². The van der Waals surface area contributed by atoms with Crippen LogP contribution >= 0.6 is 0 Å². The zero-order valence-electron chi connectivity index (χ0n) is 14.1. The molecule has 0 spiro atoms. The molecule has 1 heterocycles. The first-order valence-electron chi connectivity index (χ1n) is 8.67. The van der Waals surface area contributed by atoms with Gasteiger partial charge in [-0.2, -0.15) is 0 Å². The van der Waals surface area contributed by atoms with Gasteiger partial charge >= 0.3 is 6.03 Å². The smallest absolute Gasteiger partial charge is 0.321 e. The summed E-state index contributed by atoms with van der Waals surface area (Å²) in [4.78, 5) is 14.5. The van der Waals surface area contributed by atoms with Gasteiger partial charge in [0.05, 0.1) is 13.2 Å². The lowest BCUT2D eigenvalue weighted by Gasteiger charge is -2.33. The van der Waals surface area contributed by atoms with E-state index in [1.54, 1.807) is 6.07 Å². The molecule has 6 heteroatoms. The highest BCUT2D eigenvalue weighted by atomic mass is 19.1. The van der Waals surface area contributed by atoms with Crippen molar-refractivity contribution in [3.63, 3.8) is 0 Å². The predicted molar refractivity (Wildman–Crippen MR) is 89.9 cm³/mol. The third kappa shape index (κ3) is 4.17. The van der Waals surface area contributed by atoms with Crippen molar-refractivity contribution in [1.82, 2.24) is 4.90 Å². The minimum atomic E-state index is -0.443. The summed E-state index contributed by atoms with van der Waals surface area (Å²) in [6.45, 7) is 2.14. The molecular formula is C18H25FN2O3. The van der Waals surface area contributed by atoms with Crippen molar-refractivity contribution >= 4 is 11.7 Å². The molecule has 1 aromatic carbocycles. The summed E-state index contributed by atoms with van der Waals surface area (Å²) in [6.07, 6.45) is 5.78. The molecule has 1 atom stereocenters. The Hall–Kier alpha value is -1.82. The van der Waals surface area contributed by atoms with Gasteiger partial charge in [0.1, 0.15) is 0 Å². The van der Waals surface area contributed by atoms with Gasteiger partial charge in [-0.1, -0.05) is 6.42 Å². The van der Waals surface area contributed by atoms with Gasteiger partial charge in [0.2, 0.25) is 0 Å². The third-order valence-electron chi connectivity index (χ3n) is 4.84. The zero-order valence-corrected chi connectivity index (χ0v) is 14.1.